The van der Waals surface area contributed by atoms with E-state index in [9.17, 15) is 0 Å². The number of anilines is 1. The van der Waals surface area contributed by atoms with Crippen LogP contribution < -0.4 is 10.2 Å². The van der Waals surface area contributed by atoms with Crippen molar-refractivity contribution >= 4 is 5.69 Å². The molecule has 2 aliphatic rings. The standard InChI is InChI=1S/C22H25N5O/c1-26-14-12-23-15-19(26)21-24-22(28-25-21)20(17-8-3-2-4-9-17)27-13-11-16-7-5-6-10-18(16)27/h2-10,19-20,23H,11-15H2,1H3. The predicted octanol–water partition coefficient (Wildman–Crippen LogP) is 2.80. The number of hydrogen-bond acceptors (Lipinski definition) is 6. The molecule has 2 aromatic carbocycles. The summed E-state index contributed by atoms with van der Waals surface area (Å²) in [5, 5.41) is 7.80. The minimum absolute atomic E-state index is 0.0760. The highest BCUT2D eigenvalue weighted by atomic mass is 16.5. The summed E-state index contributed by atoms with van der Waals surface area (Å²) in [4.78, 5) is 9.56. The Morgan fingerprint density at radius 3 is 2.75 bits per heavy atom. The van der Waals surface area contributed by atoms with E-state index in [1.54, 1.807) is 0 Å². The SMILES string of the molecule is CN1CCNCC1c1noc(C(c2ccccc2)N2CCc3ccccc32)n1. The molecule has 1 N–H and O–H groups in total. The fourth-order valence-corrected chi connectivity index (χ4v) is 4.31. The summed E-state index contributed by atoms with van der Waals surface area (Å²) in [7, 11) is 2.12. The number of likely N-dealkylation sites (N-methyl/N-ethyl adjacent to an activating group) is 1. The highest BCUT2D eigenvalue weighted by Gasteiger charge is 2.34. The third-order valence-electron chi connectivity index (χ3n) is 5.85. The number of hydrogen-bond donors (Lipinski definition) is 1. The van der Waals surface area contributed by atoms with Gasteiger partial charge in [0.2, 0.25) is 0 Å². The van der Waals surface area contributed by atoms with Crippen LogP contribution in [0.2, 0.25) is 0 Å². The van der Waals surface area contributed by atoms with Crippen molar-refractivity contribution in [2.45, 2.75) is 18.5 Å². The van der Waals surface area contributed by atoms with E-state index in [1.807, 2.05) is 6.07 Å². The average molecular weight is 375 g/mol. The van der Waals surface area contributed by atoms with E-state index in [1.165, 1.54) is 16.8 Å². The van der Waals surface area contributed by atoms with Gasteiger partial charge in [-0.25, -0.2) is 0 Å². The van der Waals surface area contributed by atoms with Gasteiger partial charge in [0, 0.05) is 31.9 Å². The predicted molar refractivity (Wildman–Crippen MR) is 108 cm³/mol. The molecule has 6 nitrogen and oxygen atoms in total. The van der Waals surface area contributed by atoms with Crippen LogP contribution in [-0.2, 0) is 6.42 Å². The van der Waals surface area contributed by atoms with Crippen molar-refractivity contribution in [1.82, 2.24) is 20.4 Å². The fraction of sp³-hybridized carbons (Fsp3) is 0.364. The van der Waals surface area contributed by atoms with Crippen LogP contribution in [0.25, 0.3) is 0 Å². The highest BCUT2D eigenvalue weighted by molar-refractivity contribution is 5.60. The summed E-state index contributed by atoms with van der Waals surface area (Å²) in [6.45, 7) is 3.77. The monoisotopic (exact) mass is 375 g/mol. The van der Waals surface area contributed by atoms with Gasteiger partial charge in [0.1, 0.15) is 6.04 Å². The zero-order chi connectivity index (χ0) is 18.9. The van der Waals surface area contributed by atoms with Crippen molar-refractivity contribution in [3.05, 3.63) is 77.4 Å². The van der Waals surface area contributed by atoms with Crippen LogP contribution in [-0.4, -0.2) is 48.3 Å². The van der Waals surface area contributed by atoms with Crippen molar-refractivity contribution in [3.8, 4) is 0 Å². The van der Waals surface area contributed by atoms with Crippen LogP contribution in [0.5, 0.6) is 0 Å². The largest absolute Gasteiger partial charge is 0.355 e. The van der Waals surface area contributed by atoms with Gasteiger partial charge in [-0.05, 0) is 30.7 Å². The number of aromatic nitrogens is 2. The van der Waals surface area contributed by atoms with Gasteiger partial charge < -0.3 is 14.7 Å². The van der Waals surface area contributed by atoms with Crippen molar-refractivity contribution in [3.63, 3.8) is 0 Å². The number of nitrogens with zero attached hydrogens (tertiary/aromatic N) is 4. The van der Waals surface area contributed by atoms with Crippen LogP contribution in [0, 0.1) is 0 Å². The van der Waals surface area contributed by atoms with Gasteiger partial charge in [0.15, 0.2) is 5.82 Å². The van der Waals surface area contributed by atoms with Gasteiger partial charge in [-0.3, -0.25) is 4.90 Å². The van der Waals surface area contributed by atoms with Crippen LogP contribution in [0.15, 0.2) is 59.1 Å². The Balaban J connectivity index is 1.53. The number of benzene rings is 2. The summed E-state index contributed by atoms with van der Waals surface area (Å²) in [5.41, 5.74) is 3.80. The molecule has 6 heteroatoms. The Labute approximate surface area is 165 Å². The number of para-hydroxylation sites is 1. The second kappa shape index (κ2) is 7.37. The maximum atomic E-state index is 5.85. The van der Waals surface area contributed by atoms with E-state index in [2.05, 4.69) is 75.9 Å². The summed E-state index contributed by atoms with van der Waals surface area (Å²) >= 11 is 0. The summed E-state index contributed by atoms with van der Waals surface area (Å²) in [6, 6.07) is 19.1. The Morgan fingerprint density at radius 1 is 1.07 bits per heavy atom. The Morgan fingerprint density at radius 2 is 1.89 bits per heavy atom. The summed E-state index contributed by atoms with van der Waals surface area (Å²) in [5.74, 6) is 1.43. The lowest BCUT2D eigenvalue weighted by Gasteiger charge is -2.30. The van der Waals surface area contributed by atoms with E-state index in [0.29, 0.717) is 5.89 Å². The van der Waals surface area contributed by atoms with Gasteiger partial charge in [-0.15, -0.1) is 0 Å². The molecule has 3 heterocycles. The first-order chi connectivity index (χ1) is 13.8. The van der Waals surface area contributed by atoms with Crippen LogP contribution in [0.3, 0.4) is 0 Å². The fourth-order valence-electron chi connectivity index (χ4n) is 4.31. The van der Waals surface area contributed by atoms with Crippen molar-refractivity contribution in [2.75, 3.05) is 38.1 Å². The molecule has 2 aliphatic heterocycles. The maximum Gasteiger partial charge on any atom is 0.254 e. The van der Waals surface area contributed by atoms with E-state index < -0.39 is 0 Å². The summed E-state index contributed by atoms with van der Waals surface area (Å²) in [6.07, 6.45) is 1.04. The third-order valence-corrected chi connectivity index (χ3v) is 5.85. The molecule has 0 amide bonds. The molecule has 0 radical (unpaired) electrons. The lowest BCUT2D eigenvalue weighted by Crippen LogP contribution is -2.44. The average Bonchev–Trinajstić information content (AvgIpc) is 3.38. The highest BCUT2D eigenvalue weighted by Crippen LogP contribution is 2.38. The molecule has 144 valence electrons. The van der Waals surface area contributed by atoms with E-state index in [-0.39, 0.29) is 12.1 Å². The maximum absolute atomic E-state index is 5.85. The quantitative estimate of drug-likeness (QED) is 0.757. The second-order valence-electron chi connectivity index (χ2n) is 7.58. The molecule has 0 spiro atoms. The van der Waals surface area contributed by atoms with Crippen molar-refractivity contribution in [2.24, 2.45) is 0 Å². The zero-order valence-corrected chi connectivity index (χ0v) is 16.1. The van der Waals surface area contributed by atoms with Gasteiger partial charge in [-0.2, -0.15) is 4.98 Å². The molecular weight excluding hydrogens is 350 g/mol. The van der Waals surface area contributed by atoms with E-state index in [4.69, 9.17) is 9.51 Å². The normalized spacial score (nSPS) is 20.9. The van der Waals surface area contributed by atoms with Crippen LogP contribution in [0.4, 0.5) is 5.69 Å². The molecule has 1 aromatic heterocycles. The van der Waals surface area contributed by atoms with Gasteiger partial charge >= 0.3 is 0 Å². The first-order valence-corrected chi connectivity index (χ1v) is 9.95. The Kier molecular flexibility index (Phi) is 4.58. The Hall–Kier alpha value is -2.70. The minimum atomic E-state index is -0.0760. The molecular formula is C22H25N5O. The van der Waals surface area contributed by atoms with Crippen LogP contribution in [0.1, 0.15) is 34.9 Å². The van der Waals surface area contributed by atoms with Gasteiger partial charge in [0.05, 0.1) is 6.04 Å². The van der Waals surface area contributed by atoms with E-state index in [0.717, 1.165) is 38.4 Å². The first-order valence-electron chi connectivity index (χ1n) is 9.95. The molecule has 2 atom stereocenters. The molecule has 0 saturated carbocycles. The first kappa shape index (κ1) is 17.4. The van der Waals surface area contributed by atoms with Crippen molar-refractivity contribution < 1.29 is 4.52 Å². The topological polar surface area (TPSA) is 57.4 Å². The lowest BCUT2D eigenvalue weighted by molar-refractivity contribution is 0.190. The molecule has 1 saturated heterocycles. The molecule has 1 fully saturated rings. The van der Waals surface area contributed by atoms with Gasteiger partial charge in [-0.1, -0.05) is 53.7 Å². The van der Waals surface area contributed by atoms with E-state index >= 15 is 0 Å². The smallest absolute Gasteiger partial charge is 0.254 e. The number of nitrogens with one attached hydrogen (secondary N) is 1. The number of piperazine rings is 1. The number of fused-ring (bicyclic) bond motifs is 1. The minimum Gasteiger partial charge on any atom is -0.355 e. The number of rotatable bonds is 4. The molecule has 28 heavy (non-hydrogen) atoms. The lowest BCUT2D eigenvalue weighted by atomic mass is 10.0. The molecule has 3 aromatic rings. The molecule has 2 unspecified atom stereocenters. The van der Waals surface area contributed by atoms with Crippen molar-refractivity contribution in [1.29, 1.82) is 0 Å². The molecule has 5 rings (SSSR count). The third kappa shape index (κ3) is 3.08. The molecule has 0 aliphatic carbocycles. The van der Waals surface area contributed by atoms with Gasteiger partial charge in [0.25, 0.3) is 5.89 Å². The Bertz CT molecular complexity index is 941. The summed E-state index contributed by atoms with van der Waals surface area (Å²) < 4.78 is 5.85. The zero-order valence-electron chi connectivity index (χ0n) is 16.1. The molecule has 0 bridgehead atoms. The van der Waals surface area contributed by atoms with Crippen LogP contribution >= 0.6 is 0 Å². The second-order valence-corrected chi connectivity index (χ2v) is 7.58.